The van der Waals surface area contributed by atoms with Gasteiger partial charge in [-0.25, -0.2) is 4.79 Å². The molecule has 9 nitrogen and oxygen atoms in total. The van der Waals surface area contributed by atoms with Crippen molar-refractivity contribution in [2.45, 2.75) is 53.9 Å². The van der Waals surface area contributed by atoms with Crippen molar-refractivity contribution in [3.63, 3.8) is 0 Å². The van der Waals surface area contributed by atoms with Gasteiger partial charge in [0.15, 0.2) is 11.4 Å². The number of halogens is 2. The van der Waals surface area contributed by atoms with E-state index in [0.717, 1.165) is 35.0 Å². The molecule has 0 bridgehead atoms. The summed E-state index contributed by atoms with van der Waals surface area (Å²) in [5, 5.41) is 22.5. The standard InChI is InChI=1S/C29H31Cl2N3O6S4/c1-16-10-20(12-19(5-7-24(36)37)33(16)8-3-9-41-2)42-13-17-14-44-28-25(27(38)34(28)26(17)29(39)40)32-23(35)15-43-22-11-18(30)4-6-21(22)31/h4,6,10-12,25,28H,3,5,7-9,13-15H2,1-2H3,(H2-,32,35,36,37,39,40)/p+1/t25-,28-/m1/s1. The maximum absolute atomic E-state index is 13.1. The Hall–Kier alpha value is -2.03. The second-order valence-electron chi connectivity index (χ2n) is 10.1. The van der Waals surface area contributed by atoms with Crippen LogP contribution in [0.5, 0.6) is 0 Å². The van der Waals surface area contributed by atoms with Gasteiger partial charge in [0.2, 0.25) is 5.91 Å². The van der Waals surface area contributed by atoms with Crippen LogP contribution in [0.25, 0.3) is 0 Å². The predicted molar refractivity (Wildman–Crippen MR) is 178 cm³/mol. The summed E-state index contributed by atoms with van der Waals surface area (Å²) in [6.45, 7) is 2.78. The number of aryl methyl sites for hydroxylation is 2. The molecule has 0 saturated carbocycles. The molecule has 2 atom stereocenters. The number of benzene rings is 1. The summed E-state index contributed by atoms with van der Waals surface area (Å²) in [6, 6.07) is 8.16. The molecule has 0 spiro atoms. The molecule has 3 heterocycles. The average Bonchev–Trinajstić information content (AvgIpc) is 2.98. The lowest BCUT2D eigenvalue weighted by molar-refractivity contribution is -0.710. The monoisotopic (exact) mass is 716 g/mol. The minimum Gasteiger partial charge on any atom is -0.481 e. The van der Waals surface area contributed by atoms with Crippen LogP contribution in [0.15, 0.2) is 51.4 Å². The van der Waals surface area contributed by atoms with Gasteiger partial charge >= 0.3 is 11.9 Å². The fourth-order valence-electron chi connectivity index (χ4n) is 4.92. The number of thioether (sulfide) groups is 4. The fraction of sp³-hybridized carbons (Fsp3) is 0.414. The fourth-order valence-corrected chi connectivity index (χ4v) is 9.17. The lowest BCUT2D eigenvalue weighted by Gasteiger charge is -2.49. The van der Waals surface area contributed by atoms with Gasteiger partial charge in [-0.3, -0.25) is 19.3 Å². The molecule has 2 aromatic rings. The molecule has 44 heavy (non-hydrogen) atoms. The number of carbonyl (C=O) groups excluding carboxylic acids is 2. The summed E-state index contributed by atoms with van der Waals surface area (Å²) in [5.41, 5.74) is 2.51. The first-order valence-corrected chi connectivity index (χ1v) is 18.8. The van der Waals surface area contributed by atoms with Gasteiger partial charge in [0, 0.05) is 58.2 Å². The second kappa shape index (κ2) is 16.0. The van der Waals surface area contributed by atoms with E-state index in [1.807, 2.05) is 19.1 Å². The first kappa shape index (κ1) is 34.8. The van der Waals surface area contributed by atoms with Crippen molar-refractivity contribution < 1.29 is 34.0 Å². The number of nitrogens with zero attached hydrogens (tertiary/aromatic N) is 2. The van der Waals surface area contributed by atoms with Crippen LogP contribution in [0.2, 0.25) is 10.0 Å². The highest BCUT2D eigenvalue weighted by Gasteiger charge is 2.54. The molecule has 15 heteroatoms. The van der Waals surface area contributed by atoms with Crippen molar-refractivity contribution in [1.82, 2.24) is 10.2 Å². The van der Waals surface area contributed by atoms with Crippen LogP contribution in [-0.2, 0) is 32.1 Å². The number of hydrogen-bond donors (Lipinski definition) is 3. The van der Waals surface area contributed by atoms with Crippen LogP contribution in [0.1, 0.15) is 24.2 Å². The number of amides is 2. The normalized spacial score (nSPS) is 17.7. The third-order valence-corrected chi connectivity index (χ3v) is 11.8. The number of rotatable bonds is 15. The number of aliphatic carboxylic acids is 2. The molecule has 1 fully saturated rings. The van der Waals surface area contributed by atoms with Crippen molar-refractivity contribution in [3.8, 4) is 0 Å². The lowest BCUT2D eigenvalue weighted by atomic mass is 10.0. The Morgan fingerprint density at radius 2 is 1.93 bits per heavy atom. The van der Waals surface area contributed by atoms with Gasteiger partial charge in [-0.15, -0.1) is 35.3 Å². The number of carboxylic acid groups (broad SMARTS) is 2. The van der Waals surface area contributed by atoms with Gasteiger partial charge < -0.3 is 15.5 Å². The summed E-state index contributed by atoms with van der Waals surface area (Å²) < 4.78 is 2.15. The zero-order chi connectivity index (χ0) is 32.0. The molecule has 2 amide bonds. The Balaban J connectivity index is 1.43. The van der Waals surface area contributed by atoms with Gasteiger partial charge in [0.05, 0.1) is 17.2 Å². The number of fused-ring (bicyclic) bond motifs is 1. The smallest absolute Gasteiger partial charge is 0.352 e. The van der Waals surface area contributed by atoms with E-state index in [-0.39, 0.29) is 23.8 Å². The summed E-state index contributed by atoms with van der Waals surface area (Å²) in [7, 11) is 0. The zero-order valence-corrected chi connectivity index (χ0v) is 28.8. The number of carbonyl (C=O) groups is 4. The Labute approximate surface area is 282 Å². The van der Waals surface area contributed by atoms with E-state index >= 15 is 0 Å². The number of pyridine rings is 1. The quantitative estimate of drug-likeness (QED) is 0.101. The Morgan fingerprint density at radius 1 is 1.16 bits per heavy atom. The minimum absolute atomic E-state index is 0.0181. The zero-order valence-electron chi connectivity index (χ0n) is 24.0. The summed E-state index contributed by atoms with van der Waals surface area (Å²) >= 11 is 18.0. The molecule has 1 saturated heterocycles. The highest BCUT2D eigenvalue weighted by atomic mass is 35.5. The summed E-state index contributed by atoms with van der Waals surface area (Å²) in [6.07, 6.45) is 3.43. The maximum atomic E-state index is 13.1. The molecule has 1 aromatic carbocycles. The number of β-lactam (4-membered cyclic amide) rings is 1. The number of carboxylic acids is 2. The molecule has 2 aliphatic heterocycles. The van der Waals surface area contributed by atoms with Crippen molar-refractivity contribution in [1.29, 1.82) is 0 Å². The molecule has 1 aromatic heterocycles. The third kappa shape index (κ3) is 8.61. The van der Waals surface area contributed by atoms with Gasteiger partial charge in [-0.1, -0.05) is 23.2 Å². The first-order chi connectivity index (χ1) is 21.0. The van der Waals surface area contributed by atoms with Gasteiger partial charge in [-0.2, -0.15) is 16.3 Å². The summed E-state index contributed by atoms with van der Waals surface area (Å²) in [5.74, 6) is -1.10. The molecular weight excluding hydrogens is 686 g/mol. The van der Waals surface area contributed by atoms with Gasteiger partial charge in [-0.05, 0) is 35.8 Å². The van der Waals surface area contributed by atoms with Crippen LogP contribution in [-0.4, -0.2) is 79.5 Å². The molecule has 3 N–H and O–H groups in total. The van der Waals surface area contributed by atoms with E-state index in [4.69, 9.17) is 23.2 Å². The molecule has 236 valence electrons. The predicted octanol–water partition coefficient (Wildman–Crippen LogP) is 4.98. The topological polar surface area (TPSA) is 128 Å². The molecular formula is C29H32Cl2N3O6S4+. The largest absolute Gasteiger partial charge is 0.481 e. The van der Waals surface area contributed by atoms with Crippen molar-refractivity contribution in [2.24, 2.45) is 0 Å². The van der Waals surface area contributed by atoms with Gasteiger partial charge in [0.1, 0.15) is 23.7 Å². The third-order valence-electron chi connectivity index (χ3n) is 6.99. The minimum atomic E-state index is -1.19. The van der Waals surface area contributed by atoms with E-state index in [0.29, 0.717) is 38.4 Å². The molecule has 0 radical (unpaired) electrons. The number of nitrogens with one attached hydrogen (secondary N) is 1. The molecule has 4 rings (SSSR count). The van der Waals surface area contributed by atoms with E-state index in [2.05, 4.69) is 16.1 Å². The van der Waals surface area contributed by atoms with Crippen LogP contribution < -0.4 is 9.88 Å². The van der Waals surface area contributed by atoms with E-state index in [1.54, 1.807) is 30.0 Å². The SMILES string of the molecule is CSCCC[n+]1c(C)cc(SCC2=C(C(=O)O)N3C(=O)[C@@H](NC(=O)CSc4cc(Cl)ccc4Cl)[C@H]3SC2)cc1CCC(=O)O. The maximum Gasteiger partial charge on any atom is 0.352 e. The highest BCUT2D eigenvalue weighted by molar-refractivity contribution is 8.01. The van der Waals surface area contributed by atoms with Crippen molar-refractivity contribution in [3.05, 3.63) is 63.0 Å². The highest BCUT2D eigenvalue weighted by Crippen LogP contribution is 2.42. The molecule has 0 unspecified atom stereocenters. The van der Waals surface area contributed by atoms with Crippen LogP contribution in [0.3, 0.4) is 0 Å². The van der Waals surface area contributed by atoms with Crippen molar-refractivity contribution in [2.75, 3.05) is 29.3 Å². The van der Waals surface area contributed by atoms with E-state index in [1.165, 1.54) is 40.2 Å². The van der Waals surface area contributed by atoms with Crippen LogP contribution >= 0.6 is 70.2 Å². The lowest BCUT2D eigenvalue weighted by Crippen LogP contribution is -2.70. The van der Waals surface area contributed by atoms with Gasteiger partial charge in [0.25, 0.3) is 5.91 Å². The average molecular weight is 718 g/mol. The second-order valence-corrected chi connectivity index (χ2v) is 15.1. The van der Waals surface area contributed by atoms with Crippen LogP contribution in [0, 0.1) is 6.92 Å². The first-order valence-electron chi connectivity index (χ1n) is 13.6. The molecule has 2 aliphatic rings. The Kier molecular flexibility index (Phi) is 12.7. The molecule has 0 aliphatic carbocycles. The Morgan fingerprint density at radius 3 is 2.64 bits per heavy atom. The van der Waals surface area contributed by atoms with E-state index in [9.17, 15) is 29.4 Å². The van der Waals surface area contributed by atoms with E-state index < -0.39 is 29.3 Å². The Bertz CT molecular complexity index is 1490. The number of hydrogen-bond acceptors (Lipinski definition) is 8. The summed E-state index contributed by atoms with van der Waals surface area (Å²) in [4.78, 5) is 52.2. The van der Waals surface area contributed by atoms with Crippen molar-refractivity contribution >= 4 is 94.0 Å². The number of aromatic nitrogens is 1. The van der Waals surface area contributed by atoms with Crippen LogP contribution in [0.4, 0.5) is 0 Å².